The SMILES string of the molecule is Cc1ccc(F)cc1N=CCCCC1CCCCC1. The normalized spacial score (nSPS) is 17.2. The summed E-state index contributed by atoms with van der Waals surface area (Å²) in [7, 11) is 0. The first-order valence-corrected chi connectivity index (χ1v) is 7.54. The number of hydrogen-bond acceptors (Lipinski definition) is 1. The number of unbranched alkanes of at least 4 members (excludes halogenated alkanes) is 1. The van der Waals surface area contributed by atoms with E-state index in [1.54, 1.807) is 6.07 Å². The van der Waals surface area contributed by atoms with Crippen molar-refractivity contribution in [1.29, 1.82) is 0 Å². The molecule has 0 aromatic heterocycles. The molecule has 1 aromatic carbocycles. The lowest BCUT2D eigenvalue weighted by atomic mass is 9.86. The second kappa shape index (κ2) is 7.42. The number of benzene rings is 1. The predicted molar refractivity (Wildman–Crippen MR) is 79.7 cm³/mol. The first kappa shape index (κ1) is 14.2. The summed E-state index contributed by atoms with van der Waals surface area (Å²) in [5.41, 5.74) is 1.79. The van der Waals surface area contributed by atoms with Gasteiger partial charge in [0.15, 0.2) is 0 Å². The average molecular weight is 261 g/mol. The topological polar surface area (TPSA) is 12.4 Å². The van der Waals surface area contributed by atoms with Crippen molar-refractivity contribution in [3.63, 3.8) is 0 Å². The highest BCUT2D eigenvalue weighted by Crippen LogP contribution is 2.27. The summed E-state index contributed by atoms with van der Waals surface area (Å²) in [6.07, 6.45) is 12.6. The zero-order valence-electron chi connectivity index (χ0n) is 11.9. The largest absolute Gasteiger partial charge is 0.261 e. The number of hydrogen-bond donors (Lipinski definition) is 0. The molecule has 0 atom stereocenters. The maximum Gasteiger partial charge on any atom is 0.125 e. The van der Waals surface area contributed by atoms with E-state index in [9.17, 15) is 4.39 Å². The molecule has 1 aliphatic carbocycles. The lowest BCUT2D eigenvalue weighted by Gasteiger charge is -2.20. The van der Waals surface area contributed by atoms with Crippen LogP contribution in [0.25, 0.3) is 0 Å². The van der Waals surface area contributed by atoms with Gasteiger partial charge < -0.3 is 0 Å². The summed E-state index contributed by atoms with van der Waals surface area (Å²) >= 11 is 0. The Bertz CT molecular complexity index is 419. The average Bonchev–Trinajstić information content (AvgIpc) is 2.43. The van der Waals surface area contributed by atoms with Crippen LogP contribution in [0.5, 0.6) is 0 Å². The highest BCUT2D eigenvalue weighted by atomic mass is 19.1. The van der Waals surface area contributed by atoms with E-state index in [1.807, 2.05) is 13.1 Å². The molecular formula is C17H24FN. The fourth-order valence-electron chi connectivity index (χ4n) is 2.86. The Morgan fingerprint density at radius 1 is 1.26 bits per heavy atom. The van der Waals surface area contributed by atoms with Crippen molar-refractivity contribution >= 4 is 11.9 Å². The van der Waals surface area contributed by atoms with Crippen LogP contribution in [0.3, 0.4) is 0 Å². The third-order valence-corrected chi connectivity index (χ3v) is 4.07. The summed E-state index contributed by atoms with van der Waals surface area (Å²) in [6.45, 7) is 1.97. The van der Waals surface area contributed by atoms with Gasteiger partial charge in [0.1, 0.15) is 5.82 Å². The maximum atomic E-state index is 13.1. The molecule has 1 fully saturated rings. The van der Waals surface area contributed by atoms with Gasteiger partial charge in [-0.05, 0) is 43.4 Å². The Balaban J connectivity index is 1.72. The number of aliphatic imine (C=N–C) groups is 1. The molecule has 0 amide bonds. The molecule has 104 valence electrons. The number of nitrogens with zero attached hydrogens (tertiary/aromatic N) is 1. The van der Waals surface area contributed by atoms with E-state index in [-0.39, 0.29) is 5.82 Å². The van der Waals surface area contributed by atoms with Gasteiger partial charge >= 0.3 is 0 Å². The monoisotopic (exact) mass is 261 g/mol. The molecule has 0 heterocycles. The van der Waals surface area contributed by atoms with E-state index in [0.717, 1.165) is 23.6 Å². The Hall–Kier alpha value is -1.18. The number of halogens is 1. The van der Waals surface area contributed by atoms with Crippen molar-refractivity contribution in [3.05, 3.63) is 29.6 Å². The molecule has 1 saturated carbocycles. The lowest BCUT2D eigenvalue weighted by molar-refractivity contribution is 0.334. The number of aryl methyl sites for hydroxylation is 1. The third-order valence-electron chi connectivity index (χ3n) is 4.07. The Kier molecular flexibility index (Phi) is 5.56. The predicted octanol–water partition coefficient (Wildman–Crippen LogP) is 5.59. The van der Waals surface area contributed by atoms with Crippen LogP contribution in [0, 0.1) is 18.7 Å². The smallest absolute Gasteiger partial charge is 0.125 e. The van der Waals surface area contributed by atoms with E-state index in [4.69, 9.17) is 0 Å². The molecular weight excluding hydrogens is 237 g/mol. The van der Waals surface area contributed by atoms with Gasteiger partial charge in [0.05, 0.1) is 5.69 Å². The van der Waals surface area contributed by atoms with Gasteiger partial charge in [0.2, 0.25) is 0 Å². The molecule has 0 aliphatic heterocycles. The van der Waals surface area contributed by atoms with E-state index in [2.05, 4.69) is 4.99 Å². The van der Waals surface area contributed by atoms with Gasteiger partial charge in [0.25, 0.3) is 0 Å². The fraction of sp³-hybridized carbons (Fsp3) is 0.588. The minimum absolute atomic E-state index is 0.208. The molecule has 0 radical (unpaired) electrons. The molecule has 1 nitrogen and oxygen atoms in total. The Morgan fingerprint density at radius 2 is 2.05 bits per heavy atom. The van der Waals surface area contributed by atoms with Gasteiger partial charge in [-0.15, -0.1) is 0 Å². The molecule has 2 heteroatoms. The standard InChI is InChI=1S/C17H24FN/c1-14-10-11-16(18)13-17(14)19-12-6-5-9-15-7-3-2-4-8-15/h10-13,15H,2-9H2,1H3. The highest BCUT2D eigenvalue weighted by molar-refractivity contribution is 5.64. The third kappa shape index (κ3) is 4.77. The van der Waals surface area contributed by atoms with Crippen LogP contribution in [0.1, 0.15) is 56.9 Å². The van der Waals surface area contributed by atoms with Crippen molar-refractivity contribution < 1.29 is 4.39 Å². The zero-order valence-corrected chi connectivity index (χ0v) is 11.9. The summed E-state index contributed by atoms with van der Waals surface area (Å²) < 4.78 is 13.1. The fourth-order valence-corrected chi connectivity index (χ4v) is 2.86. The van der Waals surface area contributed by atoms with Gasteiger partial charge in [0, 0.05) is 6.21 Å². The molecule has 0 N–H and O–H groups in total. The van der Waals surface area contributed by atoms with Crippen LogP contribution in [-0.4, -0.2) is 6.21 Å². The zero-order chi connectivity index (χ0) is 13.5. The van der Waals surface area contributed by atoms with Gasteiger partial charge in [-0.1, -0.05) is 44.6 Å². The quantitative estimate of drug-likeness (QED) is 0.484. The molecule has 0 bridgehead atoms. The minimum Gasteiger partial charge on any atom is -0.261 e. The van der Waals surface area contributed by atoms with Crippen LogP contribution in [0.15, 0.2) is 23.2 Å². The molecule has 0 saturated heterocycles. The first-order valence-electron chi connectivity index (χ1n) is 7.54. The van der Waals surface area contributed by atoms with E-state index >= 15 is 0 Å². The van der Waals surface area contributed by atoms with Crippen molar-refractivity contribution in [3.8, 4) is 0 Å². The van der Waals surface area contributed by atoms with Crippen LogP contribution < -0.4 is 0 Å². The van der Waals surface area contributed by atoms with Crippen molar-refractivity contribution in [1.82, 2.24) is 0 Å². The van der Waals surface area contributed by atoms with Gasteiger partial charge in [-0.3, -0.25) is 4.99 Å². The summed E-state index contributed by atoms with van der Waals surface area (Å²) in [5, 5.41) is 0. The molecule has 1 aromatic rings. The van der Waals surface area contributed by atoms with Crippen molar-refractivity contribution in [2.45, 2.75) is 58.3 Å². The van der Waals surface area contributed by atoms with Crippen LogP contribution in [0.2, 0.25) is 0 Å². The van der Waals surface area contributed by atoms with Gasteiger partial charge in [-0.2, -0.15) is 0 Å². The summed E-state index contributed by atoms with van der Waals surface area (Å²) in [4.78, 5) is 4.38. The summed E-state index contributed by atoms with van der Waals surface area (Å²) in [5.74, 6) is 0.734. The lowest BCUT2D eigenvalue weighted by Crippen LogP contribution is -2.05. The molecule has 19 heavy (non-hydrogen) atoms. The molecule has 2 rings (SSSR count). The second-order valence-corrected chi connectivity index (χ2v) is 5.68. The molecule has 0 unspecified atom stereocenters. The Labute approximate surface area is 116 Å². The van der Waals surface area contributed by atoms with Crippen molar-refractivity contribution in [2.24, 2.45) is 10.9 Å². The minimum atomic E-state index is -0.208. The van der Waals surface area contributed by atoms with E-state index < -0.39 is 0 Å². The van der Waals surface area contributed by atoms with E-state index in [1.165, 1.54) is 57.1 Å². The van der Waals surface area contributed by atoms with Crippen LogP contribution in [0.4, 0.5) is 10.1 Å². The van der Waals surface area contributed by atoms with Crippen molar-refractivity contribution in [2.75, 3.05) is 0 Å². The number of rotatable bonds is 5. The highest BCUT2D eigenvalue weighted by Gasteiger charge is 2.12. The van der Waals surface area contributed by atoms with Crippen LogP contribution in [-0.2, 0) is 0 Å². The van der Waals surface area contributed by atoms with Gasteiger partial charge in [-0.25, -0.2) is 4.39 Å². The summed E-state index contributed by atoms with van der Waals surface area (Å²) in [6, 6.07) is 4.77. The first-order chi connectivity index (χ1) is 9.25. The Morgan fingerprint density at radius 3 is 2.84 bits per heavy atom. The maximum absolute atomic E-state index is 13.1. The molecule has 1 aliphatic rings. The second-order valence-electron chi connectivity index (χ2n) is 5.68. The molecule has 0 spiro atoms. The van der Waals surface area contributed by atoms with Crippen LogP contribution >= 0.6 is 0 Å². The van der Waals surface area contributed by atoms with E-state index in [0.29, 0.717) is 0 Å².